The number of nitrogens with one attached hydrogen (secondary N) is 1. The molecule has 0 spiro atoms. The third kappa shape index (κ3) is 4.80. The summed E-state index contributed by atoms with van der Waals surface area (Å²) in [5, 5.41) is 7.48. The van der Waals surface area contributed by atoms with Crippen molar-refractivity contribution in [2.75, 3.05) is 20.8 Å². The number of carbonyl (C=O) groups is 1. The molecule has 1 heterocycles. The van der Waals surface area contributed by atoms with E-state index in [2.05, 4.69) is 15.5 Å². The van der Waals surface area contributed by atoms with Gasteiger partial charge in [-0.15, -0.1) is 0 Å². The van der Waals surface area contributed by atoms with Gasteiger partial charge in [0, 0.05) is 29.1 Å². The van der Waals surface area contributed by atoms with Crippen molar-refractivity contribution >= 4 is 17.5 Å². The van der Waals surface area contributed by atoms with Gasteiger partial charge >= 0.3 is 0 Å². The quantitative estimate of drug-likeness (QED) is 0.578. The van der Waals surface area contributed by atoms with Gasteiger partial charge < -0.3 is 19.3 Å². The average Bonchev–Trinajstić information content (AvgIpc) is 3.20. The first-order chi connectivity index (χ1) is 13.6. The Balaban J connectivity index is 1.49. The highest BCUT2D eigenvalue weighted by Crippen LogP contribution is 2.27. The maximum absolute atomic E-state index is 12.3. The molecule has 1 aromatic heterocycles. The van der Waals surface area contributed by atoms with Gasteiger partial charge in [0.05, 0.1) is 14.2 Å². The van der Waals surface area contributed by atoms with E-state index in [1.165, 1.54) is 7.11 Å². The van der Waals surface area contributed by atoms with Gasteiger partial charge in [0.1, 0.15) is 0 Å². The molecule has 0 saturated heterocycles. The van der Waals surface area contributed by atoms with Crippen molar-refractivity contribution < 1.29 is 18.8 Å². The van der Waals surface area contributed by atoms with Gasteiger partial charge in [-0.1, -0.05) is 16.8 Å². The molecule has 0 bridgehead atoms. The number of methoxy groups -OCH3 is 2. The maximum Gasteiger partial charge on any atom is 0.251 e. The average molecular weight is 402 g/mol. The summed E-state index contributed by atoms with van der Waals surface area (Å²) >= 11 is 5.88. The molecule has 28 heavy (non-hydrogen) atoms. The van der Waals surface area contributed by atoms with E-state index in [1.807, 2.05) is 12.1 Å². The van der Waals surface area contributed by atoms with Crippen LogP contribution in [0.5, 0.6) is 11.5 Å². The van der Waals surface area contributed by atoms with Gasteiger partial charge in [0.15, 0.2) is 11.5 Å². The summed E-state index contributed by atoms with van der Waals surface area (Å²) in [5.74, 6) is 1.93. The number of halogens is 1. The second-order valence-electron chi connectivity index (χ2n) is 5.95. The number of hydrogen-bond acceptors (Lipinski definition) is 6. The molecule has 146 valence electrons. The number of aryl methyl sites for hydroxylation is 1. The highest BCUT2D eigenvalue weighted by atomic mass is 35.5. The van der Waals surface area contributed by atoms with Crippen molar-refractivity contribution in [3.63, 3.8) is 0 Å². The largest absolute Gasteiger partial charge is 0.493 e. The number of ether oxygens (including phenoxy) is 2. The number of rotatable bonds is 8. The lowest BCUT2D eigenvalue weighted by atomic mass is 10.2. The molecule has 0 fully saturated rings. The van der Waals surface area contributed by atoms with Crippen molar-refractivity contribution in [1.29, 1.82) is 0 Å². The predicted molar refractivity (Wildman–Crippen MR) is 105 cm³/mol. The molecular weight excluding hydrogens is 382 g/mol. The molecule has 7 nitrogen and oxygen atoms in total. The Morgan fingerprint density at radius 3 is 2.57 bits per heavy atom. The minimum Gasteiger partial charge on any atom is -0.493 e. The minimum absolute atomic E-state index is 0.187. The van der Waals surface area contributed by atoms with Crippen molar-refractivity contribution in [3.8, 4) is 22.9 Å². The molecule has 1 N–H and O–H groups in total. The van der Waals surface area contributed by atoms with Gasteiger partial charge in [-0.25, -0.2) is 0 Å². The summed E-state index contributed by atoms with van der Waals surface area (Å²) in [6.45, 7) is 0.478. The molecule has 0 unspecified atom stereocenters. The Hall–Kier alpha value is -3.06. The first-order valence-corrected chi connectivity index (χ1v) is 9.07. The van der Waals surface area contributed by atoms with Crippen molar-refractivity contribution in [1.82, 2.24) is 15.5 Å². The van der Waals surface area contributed by atoms with E-state index in [9.17, 15) is 4.79 Å². The number of carbonyl (C=O) groups excluding carboxylic acids is 1. The normalized spacial score (nSPS) is 10.5. The standard InChI is InChI=1S/C20H20ClN3O4/c1-26-16-10-7-14(12-17(16)27-2)20(25)22-11-3-4-18-23-19(24-28-18)13-5-8-15(21)9-6-13/h5-10,12H,3-4,11H2,1-2H3,(H,22,25). The van der Waals surface area contributed by atoms with E-state index in [0.29, 0.717) is 53.2 Å². The predicted octanol–water partition coefficient (Wildman–Crippen LogP) is 3.77. The fraction of sp³-hybridized carbons (Fsp3) is 0.250. The molecule has 8 heteroatoms. The molecule has 2 aromatic carbocycles. The third-order valence-electron chi connectivity index (χ3n) is 4.07. The molecule has 0 aliphatic heterocycles. The van der Waals surface area contributed by atoms with Gasteiger partial charge in [0.25, 0.3) is 5.91 Å². The van der Waals surface area contributed by atoms with Crippen LogP contribution in [0.1, 0.15) is 22.7 Å². The zero-order valence-electron chi connectivity index (χ0n) is 15.6. The fourth-order valence-electron chi connectivity index (χ4n) is 2.59. The first kappa shape index (κ1) is 19.7. The molecule has 3 rings (SSSR count). The Labute approximate surface area is 167 Å². The van der Waals surface area contributed by atoms with Crippen LogP contribution in [0.15, 0.2) is 47.0 Å². The smallest absolute Gasteiger partial charge is 0.251 e. The molecular formula is C20H20ClN3O4. The summed E-state index contributed by atoms with van der Waals surface area (Å²) in [4.78, 5) is 16.6. The monoisotopic (exact) mass is 401 g/mol. The van der Waals surface area contributed by atoms with Crippen LogP contribution in [0.4, 0.5) is 0 Å². The summed E-state index contributed by atoms with van der Waals surface area (Å²) in [7, 11) is 3.08. The van der Waals surface area contributed by atoms with Crippen LogP contribution in [0, 0.1) is 0 Å². The molecule has 0 radical (unpaired) electrons. The minimum atomic E-state index is -0.187. The van der Waals surface area contributed by atoms with Crippen LogP contribution in [0.25, 0.3) is 11.4 Å². The van der Waals surface area contributed by atoms with E-state index < -0.39 is 0 Å². The van der Waals surface area contributed by atoms with Crippen molar-refractivity contribution in [2.24, 2.45) is 0 Å². The topological polar surface area (TPSA) is 86.5 Å². The number of hydrogen-bond donors (Lipinski definition) is 1. The molecule has 1 amide bonds. The summed E-state index contributed by atoms with van der Waals surface area (Å²) in [6.07, 6.45) is 1.23. The summed E-state index contributed by atoms with van der Waals surface area (Å²) < 4.78 is 15.6. The van der Waals surface area contributed by atoms with Crippen LogP contribution in [-0.4, -0.2) is 36.8 Å². The van der Waals surface area contributed by atoms with Crippen LogP contribution in [-0.2, 0) is 6.42 Å². The number of benzene rings is 2. The highest BCUT2D eigenvalue weighted by molar-refractivity contribution is 6.30. The van der Waals surface area contributed by atoms with Crippen LogP contribution >= 0.6 is 11.6 Å². The van der Waals surface area contributed by atoms with E-state index in [-0.39, 0.29) is 5.91 Å². The van der Waals surface area contributed by atoms with Gasteiger partial charge in [-0.2, -0.15) is 4.98 Å². The second-order valence-corrected chi connectivity index (χ2v) is 6.38. The van der Waals surface area contributed by atoms with E-state index in [0.717, 1.165) is 5.56 Å². The summed E-state index contributed by atoms with van der Waals surface area (Å²) in [6, 6.07) is 12.2. The van der Waals surface area contributed by atoms with E-state index in [1.54, 1.807) is 37.4 Å². The molecule has 0 aliphatic rings. The zero-order valence-corrected chi connectivity index (χ0v) is 16.3. The van der Waals surface area contributed by atoms with Gasteiger partial charge in [-0.3, -0.25) is 4.79 Å². The Kier molecular flexibility index (Phi) is 6.49. The molecule has 0 aliphatic carbocycles. The maximum atomic E-state index is 12.3. The Morgan fingerprint density at radius 2 is 1.86 bits per heavy atom. The first-order valence-electron chi connectivity index (χ1n) is 8.69. The number of nitrogens with zero attached hydrogens (tertiary/aromatic N) is 2. The number of aromatic nitrogens is 2. The third-order valence-corrected chi connectivity index (χ3v) is 4.32. The van der Waals surface area contributed by atoms with Crippen LogP contribution < -0.4 is 14.8 Å². The second kappa shape index (κ2) is 9.23. The lowest BCUT2D eigenvalue weighted by molar-refractivity contribution is 0.0952. The van der Waals surface area contributed by atoms with Crippen molar-refractivity contribution in [3.05, 3.63) is 58.9 Å². The van der Waals surface area contributed by atoms with Gasteiger partial charge in [-0.05, 0) is 48.9 Å². The number of amides is 1. The van der Waals surface area contributed by atoms with Crippen LogP contribution in [0.2, 0.25) is 5.02 Å². The molecule has 0 saturated carbocycles. The summed E-state index contributed by atoms with van der Waals surface area (Å²) in [5.41, 5.74) is 1.33. The lowest BCUT2D eigenvalue weighted by Gasteiger charge is -2.09. The van der Waals surface area contributed by atoms with Crippen LogP contribution in [0.3, 0.4) is 0 Å². The molecule has 0 atom stereocenters. The van der Waals surface area contributed by atoms with Gasteiger partial charge in [0.2, 0.25) is 11.7 Å². The highest BCUT2D eigenvalue weighted by Gasteiger charge is 2.11. The Bertz CT molecular complexity index is 941. The fourth-order valence-corrected chi connectivity index (χ4v) is 2.72. The van der Waals surface area contributed by atoms with E-state index >= 15 is 0 Å². The lowest BCUT2D eigenvalue weighted by Crippen LogP contribution is -2.24. The zero-order chi connectivity index (χ0) is 19.9. The van der Waals surface area contributed by atoms with E-state index in [4.69, 9.17) is 25.6 Å². The molecule has 3 aromatic rings. The van der Waals surface area contributed by atoms with Crippen molar-refractivity contribution in [2.45, 2.75) is 12.8 Å². The Morgan fingerprint density at radius 1 is 1.11 bits per heavy atom. The SMILES string of the molecule is COc1ccc(C(=O)NCCCc2nc(-c3ccc(Cl)cc3)no2)cc1OC.